The summed E-state index contributed by atoms with van der Waals surface area (Å²) < 4.78 is 52.1. The number of alkyl halides is 3. The van der Waals surface area contributed by atoms with Crippen LogP contribution < -0.4 is 10.6 Å². The predicted molar refractivity (Wildman–Crippen MR) is 103 cm³/mol. The topological polar surface area (TPSA) is 61.4 Å². The first-order valence-corrected chi connectivity index (χ1v) is 9.99. The number of hydrogen-bond donors (Lipinski definition) is 2. The van der Waals surface area contributed by atoms with Crippen LogP contribution in [0.4, 0.5) is 17.6 Å². The highest BCUT2D eigenvalue weighted by Crippen LogP contribution is 2.54. The van der Waals surface area contributed by atoms with Crippen LogP contribution in [-0.2, 0) is 11.0 Å². The largest absolute Gasteiger partial charge is 0.416 e. The molecule has 2 N–H and O–H groups in total. The summed E-state index contributed by atoms with van der Waals surface area (Å²) in [6.45, 7) is 7.50. The molecule has 1 aromatic rings. The monoisotopic (exact) mass is 429 g/mol. The van der Waals surface area contributed by atoms with E-state index in [0.29, 0.717) is 31.8 Å². The molecule has 0 aromatic heterocycles. The average Bonchev–Trinajstić information content (AvgIpc) is 3.25. The van der Waals surface area contributed by atoms with Gasteiger partial charge in [-0.15, -0.1) is 0 Å². The summed E-state index contributed by atoms with van der Waals surface area (Å²) in [6, 6.07) is 1.72. The summed E-state index contributed by atoms with van der Waals surface area (Å²) in [5.41, 5.74) is -1.89. The molecule has 9 heteroatoms. The van der Waals surface area contributed by atoms with Crippen LogP contribution in [-0.4, -0.2) is 47.9 Å². The van der Waals surface area contributed by atoms with E-state index in [1.54, 1.807) is 0 Å². The van der Waals surface area contributed by atoms with Crippen molar-refractivity contribution in [2.24, 2.45) is 5.41 Å². The normalized spacial score (nSPS) is 21.4. The quantitative estimate of drug-likeness (QED) is 0.722. The first kappa shape index (κ1) is 22.5. The number of carbonyl (C=O) groups excluding carboxylic acids is 2. The van der Waals surface area contributed by atoms with E-state index < -0.39 is 23.5 Å². The molecule has 2 amide bonds. The summed E-state index contributed by atoms with van der Waals surface area (Å²) >= 11 is 0. The minimum Gasteiger partial charge on any atom is -0.350 e. The van der Waals surface area contributed by atoms with Crippen molar-refractivity contribution in [1.82, 2.24) is 15.5 Å². The maximum Gasteiger partial charge on any atom is 0.416 e. The lowest BCUT2D eigenvalue weighted by Gasteiger charge is -2.33. The first-order chi connectivity index (χ1) is 13.8. The summed E-state index contributed by atoms with van der Waals surface area (Å²) in [5, 5.41) is 5.68. The number of nitrogens with zero attached hydrogens (tertiary/aromatic N) is 1. The molecule has 3 rings (SSSR count). The Morgan fingerprint density at radius 2 is 1.77 bits per heavy atom. The van der Waals surface area contributed by atoms with E-state index >= 15 is 0 Å². The molecule has 1 aliphatic heterocycles. The molecule has 2 fully saturated rings. The van der Waals surface area contributed by atoms with Crippen LogP contribution in [0.25, 0.3) is 0 Å². The molecule has 0 bridgehead atoms. The third-order valence-electron chi connectivity index (χ3n) is 5.72. The van der Waals surface area contributed by atoms with E-state index in [9.17, 15) is 27.2 Å². The number of piperidine rings is 1. The Bertz CT molecular complexity index is 825. The van der Waals surface area contributed by atoms with Gasteiger partial charge in [0.05, 0.1) is 12.1 Å². The van der Waals surface area contributed by atoms with Gasteiger partial charge < -0.3 is 10.6 Å². The van der Waals surface area contributed by atoms with Crippen LogP contribution in [0.5, 0.6) is 0 Å². The molecule has 0 radical (unpaired) electrons. The van der Waals surface area contributed by atoms with Crippen LogP contribution in [0, 0.1) is 11.2 Å². The van der Waals surface area contributed by atoms with E-state index in [2.05, 4.69) is 15.5 Å². The Morgan fingerprint density at radius 3 is 2.33 bits per heavy atom. The smallest absolute Gasteiger partial charge is 0.350 e. The molecule has 30 heavy (non-hydrogen) atoms. The number of benzene rings is 1. The Morgan fingerprint density at radius 1 is 1.13 bits per heavy atom. The molecular formula is C21H27F4N3O2. The average molecular weight is 429 g/mol. The van der Waals surface area contributed by atoms with Crippen molar-refractivity contribution < 1.29 is 27.2 Å². The van der Waals surface area contributed by atoms with Crippen molar-refractivity contribution in [3.63, 3.8) is 0 Å². The van der Waals surface area contributed by atoms with E-state index in [1.807, 2.05) is 20.8 Å². The van der Waals surface area contributed by atoms with Crippen molar-refractivity contribution in [1.29, 1.82) is 0 Å². The van der Waals surface area contributed by atoms with E-state index in [1.165, 1.54) is 0 Å². The maximum atomic E-state index is 13.6. The lowest BCUT2D eigenvalue weighted by atomic mass is 9.92. The second-order valence-electron chi connectivity index (χ2n) is 9.39. The Kier molecular flexibility index (Phi) is 5.88. The van der Waals surface area contributed by atoms with Crippen LogP contribution in [0.2, 0.25) is 0 Å². The van der Waals surface area contributed by atoms with Crippen LogP contribution in [0.1, 0.15) is 56.0 Å². The number of nitrogens with one attached hydrogen (secondary N) is 2. The van der Waals surface area contributed by atoms with Gasteiger partial charge in [-0.1, -0.05) is 0 Å². The summed E-state index contributed by atoms with van der Waals surface area (Å²) in [5.74, 6) is -1.83. The molecule has 1 atom stereocenters. The third kappa shape index (κ3) is 5.50. The highest BCUT2D eigenvalue weighted by atomic mass is 19.4. The third-order valence-corrected chi connectivity index (χ3v) is 5.72. The number of amides is 2. The Balaban J connectivity index is 1.53. The van der Waals surface area contributed by atoms with Gasteiger partial charge in [-0.05, 0) is 76.7 Å². The zero-order valence-electron chi connectivity index (χ0n) is 17.3. The number of rotatable bonds is 4. The molecule has 1 unspecified atom stereocenters. The van der Waals surface area contributed by atoms with Gasteiger partial charge in [0, 0.05) is 17.1 Å². The van der Waals surface area contributed by atoms with Crippen molar-refractivity contribution in [3.05, 3.63) is 35.1 Å². The molecule has 1 aliphatic carbocycles. The molecular weight excluding hydrogens is 402 g/mol. The first-order valence-electron chi connectivity index (χ1n) is 9.99. The molecule has 166 valence electrons. The van der Waals surface area contributed by atoms with Crippen molar-refractivity contribution in [2.45, 2.75) is 57.8 Å². The van der Waals surface area contributed by atoms with E-state index in [0.717, 1.165) is 25.3 Å². The lowest BCUT2D eigenvalue weighted by Crippen LogP contribution is -2.48. The highest BCUT2D eigenvalue weighted by Gasteiger charge is 2.55. The highest BCUT2D eigenvalue weighted by molar-refractivity contribution is 5.95. The van der Waals surface area contributed by atoms with Crippen molar-refractivity contribution >= 4 is 11.8 Å². The Labute approximate surface area is 173 Å². The number of likely N-dealkylation sites (tertiary alicyclic amines) is 1. The fourth-order valence-corrected chi connectivity index (χ4v) is 4.05. The molecule has 1 heterocycles. The molecule has 2 aliphatic rings. The van der Waals surface area contributed by atoms with E-state index in [4.69, 9.17) is 0 Å². The SMILES string of the molecule is CC(C)(C)NC(=O)CN1CCC2(CC1)CC2NC(=O)c1cc(F)cc(C(F)(F)F)c1. The minimum absolute atomic E-state index is 0.0364. The fraction of sp³-hybridized carbons (Fsp3) is 0.619. The van der Waals surface area contributed by atoms with Gasteiger partial charge in [-0.25, -0.2) is 4.39 Å². The summed E-state index contributed by atoms with van der Waals surface area (Å²) in [6.07, 6.45) is -2.40. The molecule has 1 aromatic carbocycles. The predicted octanol–water partition coefficient (Wildman–Crippen LogP) is 3.34. The summed E-state index contributed by atoms with van der Waals surface area (Å²) in [7, 11) is 0. The van der Waals surface area contributed by atoms with Gasteiger partial charge in [-0.2, -0.15) is 13.2 Å². The van der Waals surface area contributed by atoms with E-state index in [-0.39, 0.29) is 28.5 Å². The maximum absolute atomic E-state index is 13.6. The minimum atomic E-state index is -4.72. The van der Waals surface area contributed by atoms with Gasteiger partial charge in [0.25, 0.3) is 5.91 Å². The summed E-state index contributed by atoms with van der Waals surface area (Å²) in [4.78, 5) is 26.5. The lowest BCUT2D eigenvalue weighted by molar-refractivity contribution is -0.137. The second kappa shape index (κ2) is 7.83. The zero-order valence-corrected chi connectivity index (χ0v) is 17.3. The molecule has 1 saturated heterocycles. The number of hydrogen-bond acceptors (Lipinski definition) is 3. The van der Waals surface area contributed by atoms with Crippen molar-refractivity contribution in [2.75, 3.05) is 19.6 Å². The molecule has 1 saturated carbocycles. The van der Waals surface area contributed by atoms with Crippen molar-refractivity contribution in [3.8, 4) is 0 Å². The number of halogens is 4. The van der Waals surface area contributed by atoms with Gasteiger partial charge in [-0.3, -0.25) is 14.5 Å². The fourth-order valence-electron chi connectivity index (χ4n) is 4.05. The van der Waals surface area contributed by atoms with Gasteiger partial charge in [0.1, 0.15) is 5.82 Å². The van der Waals surface area contributed by atoms with Crippen LogP contribution in [0.3, 0.4) is 0 Å². The van der Waals surface area contributed by atoms with Gasteiger partial charge in [0.15, 0.2) is 0 Å². The van der Waals surface area contributed by atoms with Crippen LogP contribution in [0.15, 0.2) is 18.2 Å². The zero-order chi connectivity index (χ0) is 22.3. The molecule has 1 spiro atoms. The number of carbonyl (C=O) groups is 2. The van der Waals surface area contributed by atoms with Gasteiger partial charge >= 0.3 is 6.18 Å². The molecule has 5 nitrogen and oxygen atoms in total. The van der Waals surface area contributed by atoms with Crippen LogP contribution >= 0.6 is 0 Å². The standard InChI is InChI=1S/C21H27F4N3O2/c1-19(2,3)27-17(29)12-28-6-4-20(5-7-28)11-16(20)26-18(30)13-8-14(21(23,24)25)10-15(22)9-13/h8-10,16H,4-7,11-12H2,1-3H3,(H,26,30)(H,27,29). The van der Waals surface area contributed by atoms with Gasteiger partial charge in [0.2, 0.25) is 5.91 Å². The second-order valence-corrected chi connectivity index (χ2v) is 9.39. The Hall–Kier alpha value is -2.16.